The molecule has 1 saturated heterocycles. The topological polar surface area (TPSA) is 48.2 Å². The van der Waals surface area contributed by atoms with Gasteiger partial charge in [-0.25, -0.2) is 0 Å². The first-order chi connectivity index (χ1) is 8.34. The van der Waals surface area contributed by atoms with Gasteiger partial charge in [0.1, 0.15) is 6.10 Å². The number of aryl methyl sites for hydroxylation is 1. The minimum atomic E-state index is -0.0136. The van der Waals surface area contributed by atoms with Gasteiger partial charge in [-0.15, -0.1) is 0 Å². The van der Waals surface area contributed by atoms with Crippen LogP contribution in [0.3, 0.4) is 0 Å². The van der Waals surface area contributed by atoms with Gasteiger partial charge in [0.15, 0.2) is 0 Å². The third-order valence-electron chi connectivity index (χ3n) is 3.03. The van der Waals surface area contributed by atoms with Crippen molar-refractivity contribution < 1.29 is 9.26 Å². The van der Waals surface area contributed by atoms with Gasteiger partial charge in [-0.05, 0) is 25.3 Å². The Morgan fingerprint density at radius 1 is 1.29 bits per heavy atom. The van der Waals surface area contributed by atoms with Crippen LogP contribution in [0.1, 0.15) is 30.4 Å². The highest BCUT2D eigenvalue weighted by molar-refractivity contribution is 5.58. The summed E-state index contributed by atoms with van der Waals surface area (Å²) in [7, 11) is 0. The first-order valence-corrected chi connectivity index (χ1v) is 5.86. The van der Waals surface area contributed by atoms with E-state index >= 15 is 0 Å². The predicted molar refractivity (Wildman–Crippen MR) is 62.4 cm³/mol. The van der Waals surface area contributed by atoms with Gasteiger partial charge in [0, 0.05) is 12.2 Å². The van der Waals surface area contributed by atoms with Crippen LogP contribution in [-0.2, 0) is 4.74 Å². The summed E-state index contributed by atoms with van der Waals surface area (Å²) < 4.78 is 10.8. The molecule has 0 N–H and O–H groups in total. The normalized spacial score (nSPS) is 19.7. The maximum atomic E-state index is 5.52. The third kappa shape index (κ3) is 1.96. The van der Waals surface area contributed by atoms with E-state index in [4.69, 9.17) is 9.26 Å². The molecule has 1 atom stereocenters. The molecular formula is C13H14N2O2. The lowest BCUT2D eigenvalue weighted by Gasteiger charge is -2.01. The Morgan fingerprint density at radius 2 is 2.18 bits per heavy atom. The Balaban J connectivity index is 1.92. The molecule has 1 aliphatic heterocycles. The van der Waals surface area contributed by atoms with E-state index in [-0.39, 0.29) is 6.10 Å². The smallest absolute Gasteiger partial charge is 0.256 e. The fourth-order valence-corrected chi connectivity index (χ4v) is 2.07. The summed E-state index contributed by atoms with van der Waals surface area (Å²) in [6.45, 7) is 2.82. The molecule has 0 saturated carbocycles. The zero-order chi connectivity index (χ0) is 11.7. The van der Waals surface area contributed by atoms with Gasteiger partial charge in [0.05, 0.1) is 0 Å². The van der Waals surface area contributed by atoms with E-state index < -0.39 is 0 Å². The number of hydrogen-bond donors (Lipinski definition) is 0. The number of benzene rings is 1. The molecule has 1 aromatic heterocycles. The van der Waals surface area contributed by atoms with Crippen LogP contribution in [-0.4, -0.2) is 16.7 Å². The fraction of sp³-hybridized carbons (Fsp3) is 0.385. The molecule has 88 valence electrons. The molecule has 3 rings (SSSR count). The van der Waals surface area contributed by atoms with Crippen LogP contribution in [0.15, 0.2) is 28.8 Å². The molecule has 1 fully saturated rings. The highest BCUT2D eigenvalue weighted by Crippen LogP contribution is 2.29. The molecule has 4 nitrogen and oxygen atoms in total. The predicted octanol–water partition coefficient (Wildman–Crippen LogP) is 2.90. The van der Waals surface area contributed by atoms with Gasteiger partial charge in [0.25, 0.3) is 5.89 Å². The summed E-state index contributed by atoms with van der Waals surface area (Å²) in [6.07, 6.45) is 2.02. The highest BCUT2D eigenvalue weighted by Gasteiger charge is 2.24. The largest absolute Gasteiger partial charge is 0.368 e. The SMILES string of the molecule is Cc1ccccc1-c1noc([C@H]2CCCO2)n1. The van der Waals surface area contributed by atoms with Crippen LogP contribution in [0.2, 0.25) is 0 Å². The lowest BCUT2D eigenvalue weighted by molar-refractivity contribution is 0.0835. The zero-order valence-corrected chi connectivity index (χ0v) is 9.72. The average molecular weight is 230 g/mol. The fourth-order valence-electron chi connectivity index (χ4n) is 2.07. The lowest BCUT2D eigenvalue weighted by atomic mass is 10.1. The molecule has 0 unspecified atom stereocenters. The van der Waals surface area contributed by atoms with Crippen molar-refractivity contribution in [3.63, 3.8) is 0 Å². The Kier molecular flexibility index (Phi) is 2.65. The Morgan fingerprint density at radius 3 is 2.94 bits per heavy atom. The number of aromatic nitrogens is 2. The first-order valence-electron chi connectivity index (χ1n) is 5.86. The molecule has 4 heteroatoms. The molecular weight excluding hydrogens is 216 g/mol. The van der Waals surface area contributed by atoms with Gasteiger partial charge in [-0.2, -0.15) is 4.98 Å². The van der Waals surface area contributed by atoms with Gasteiger partial charge in [0.2, 0.25) is 5.82 Å². The molecule has 17 heavy (non-hydrogen) atoms. The lowest BCUT2D eigenvalue weighted by Crippen LogP contribution is -1.95. The second-order valence-corrected chi connectivity index (χ2v) is 4.27. The van der Waals surface area contributed by atoms with Crippen molar-refractivity contribution in [3.05, 3.63) is 35.7 Å². The summed E-state index contributed by atoms with van der Waals surface area (Å²) in [5, 5.41) is 4.03. The average Bonchev–Trinajstić information content (AvgIpc) is 3.00. The summed E-state index contributed by atoms with van der Waals surface area (Å²) in [5.74, 6) is 1.24. The summed E-state index contributed by atoms with van der Waals surface area (Å²) in [4.78, 5) is 4.42. The highest BCUT2D eigenvalue weighted by atomic mass is 16.5. The summed E-state index contributed by atoms with van der Waals surface area (Å²) >= 11 is 0. The molecule has 0 radical (unpaired) electrons. The van der Waals surface area contributed by atoms with Crippen LogP contribution in [0, 0.1) is 6.92 Å². The van der Waals surface area contributed by atoms with Crippen molar-refractivity contribution in [2.24, 2.45) is 0 Å². The van der Waals surface area contributed by atoms with E-state index in [0.717, 1.165) is 30.6 Å². The number of ether oxygens (including phenoxy) is 1. The van der Waals surface area contributed by atoms with E-state index in [9.17, 15) is 0 Å². The zero-order valence-electron chi connectivity index (χ0n) is 9.72. The monoisotopic (exact) mass is 230 g/mol. The van der Waals surface area contributed by atoms with Crippen LogP contribution in [0.5, 0.6) is 0 Å². The van der Waals surface area contributed by atoms with Crippen molar-refractivity contribution in [2.45, 2.75) is 25.9 Å². The van der Waals surface area contributed by atoms with Gasteiger partial charge >= 0.3 is 0 Å². The maximum Gasteiger partial charge on any atom is 0.256 e. The standard InChI is InChI=1S/C13H14N2O2/c1-9-5-2-3-6-10(9)12-14-13(17-15-12)11-7-4-8-16-11/h2-3,5-6,11H,4,7-8H2,1H3/t11-/m1/s1. The van der Waals surface area contributed by atoms with E-state index in [2.05, 4.69) is 10.1 Å². The summed E-state index contributed by atoms with van der Waals surface area (Å²) in [5.41, 5.74) is 2.16. The molecule has 0 bridgehead atoms. The van der Waals surface area contributed by atoms with Crippen LogP contribution in [0.25, 0.3) is 11.4 Å². The minimum absolute atomic E-state index is 0.0136. The second kappa shape index (κ2) is 4.30. The maximum absolute atomic E-state index is 5.52. The number of nitrogens with zero attached hydrogens (tertiary/aromatic N) is 2. The van der Waals surface area contributed by atoms with Crippen molar-refractivity contribution in [1.82, 2.24) is 10.1 Å². The van der Waals surface area contributed by atoms with Crippen molar-refractivity contribution in [3.8, 4) is 11.4 Å². The Bertz CT molecular complexity index is 516. The van der Waals surface area contributed by atoms with E-state index in [1.165, 1.54) is 0 Å². The minimum Gasteiger partial charge on any atom is -0.368 e. The summed E-state index contributed by atoms with van der Waals surface area (Å²) in [6, 6.07) is 8.02. The van der Waals surface area contributed by atoms with E-state index in [1.807, 2.05) is 31.2 Å². The van der Waals surface area contributed by atoms with Crippen molar-refractivity contribution in [2.75, 3.05) is 6.61 Å². The molecule has 0 spiro atoms. The molecule has 0 amide bonds. The number of hydrogen-bond acceptors (Lipinski definition) is 4. The van der Waals surface area contributed by atoms with Gasteiger partial charge in [-0.3, -0.25) is 0 Å². The van der Waals surface area contributed by atoms with E-state index in [1.54, 1.807) is 0 Å². The third-order valence-corrected chi connectivity index (χ3v) is 3.03. The van der Waals surface area contributed by atoms with Crippen LogP contribution < -0.4 is 0 Å². The Hall–Kier alpha value is -1.68. The van der Waals surface area contributed by atoms with Crippen molar-refractivity contribution in [1.29, 1.82) is 0 Å². The molecule has 2 aromatic rings. The van der Waals surface area contributed by atoms with E-state index in [0.29, 0.717) is 11.7 Å². The number of rotatable bonds is 2. The molecule has 1 aromatic carbocycles. The van der Waals surface area contributed by atoms with Crippen molar-refractivity contribution >= 4 is 0 Å². The quantitative estimate of drug-likeness (QED) is 0.795. The van der Waals surface area contributed by atoms with Gasteiger partial charge < -0.3 is 9.26 Å². The van der Waals surface area contributed by atoms with Crippen LogP contribution in [0.4, 0.5) is 0 Å². The second-order valence-electron chi connectivity index (χ2n) is 4.27. The first kappa shape index (κ1) is 10.5. The van der Waals surface area contributed by atoms with Gasteiger partial charge in [-0.1, -0.05) is 29.4 Å². The molecule has 1 aliphatic rings. The molecule has 0 aliphatic carbocycles. The van der Waals surface area contributed by atoms with Crippen LogP contribution >= 0.6 is 0 Å². The Labute approximate surface area is 99.6 Å². The molecule has 2 heterocycles.